The van der Waals surface area contributed by atoms with Gasteiger partial charge in [-0.1, -0.05) is 46.3 Å². The summed E-state index contributed by atoms with van der Waals surface area (Å²) in [5.41, 5.74) is 1.65. The Morgan fingerprint density at radius 2 is 1.70 bits per heavy atom. The largest absolute Gasteiger partial charge is 0.480 e. The van der Waals surface area contributed by atoms with Crippen molar-refractivity contribution in [3.8, 4) is 0 Å². The Kier molecular flexibility index (Phi) is 6.17. The van der Waals surface area contributed by atoms with Gasteiger partial charge in [0.15, 0.2) is 0 Å². The highest BCUT2D eigenvalue weighted by molar-refractivity contribution is 9.10. The van der Waals surface area contributed by atoms with Crippen LogP contribution in [0, 0.1) is 0 Å². The number of amides is 1. The predicted octanol–water partition coefficient (Wildman–Crippen LogP) is 2.67. The Bertz CT molecular complexity index is 659. The topological polar surface area (TPSA) is 78.4 Å². The molecule has 6 heteroatoms. The summed E-state index contributed by atoms with van der Waals surface area (Å²) in [6.07, 6.45) is 0.250. The molecule has 0 heterocycles. The number of benzene rings is 2. The highest BCUT2D eigenvalue weighted by atomic mass is 79.9. The van der Waals surface area contributed by atoms with Crippen LogP contribution in [0.3, 0.4) is 0 Å². The Morgan fingerprint density at radius 1 is 1.04 bits per heavy atom. The van der Waals surface area contributed by atoms with Crippen LogP contribution in [0.15, 0.2) is 59.1 Å². The van der Waals surface area contributed by atoms with E-state index in [1.165, 1.54) is 0 Å². The number of rotatable bonds is 7. The van der Waals surface area contributed by atoms with Gasteiger partial charge >= 0.3 is 5.97 Å². The molecule has 5 nitrogen and oxygen atoms in total. The lowest BCUT2D eigenvalue weighted by atomic mass is 10.1. The van der Waals surface area contributed by atoms with Gasteiger partial charge in [0.1, 0.15) is 6.04 Å². The average molecular weight is 377 g/mol. The Balaban J connectivity index is 1.88. The van der Waals surface area contributed by atoms with Gasteiger partial charge in [-0.05, 0) is 29.8 Å². The summed E-state index contributed by atoms with van der Waals surface area (Å²) in [7, 11) is 0. The number of carbonyl (C=O) groups excluding carboxylic acids is 1. The van der Waals surface area contributed by atoms with Crippen molar-refractivity contribution in [2.75, 3.05) is 11.9 Å². The number of halogens is 1. The van der Waals surface area contributed by atoms with Gasteiger partial charge in [0, 0.05) is 16.6 Å². The minimum absolute atomic E-state index is 0.0141. The van der Waals surface area contributed by atoms with E-state index in [0.29, 0.717) is 0 Å². The molecule has 1 amide bonds. The molecule has 23 heavy (non-hydrogen) atoms. The quantitative estimate of drug-likeness (QED) is 0.693. The summed E-state index contributed by atoms with van der Waals surface area (Å²) in [5, 5.41) is 14.7. The fourth-order valence-electron chi connectivity index (χ4n) is 2.05. The summed E-state index contributed by atoms with van der Waals surface area (Å²) < 4.78 is 0.946. The van der Waals surface area contributed by atoms with Gasteiger partial charge in [-0.3, -0.25) is 4.79 Å². The lowest BCUT2D eigenvalue weighted by molar-refractivity contribution is -0.141. The van der Waals surface area contributed by atoms with E-state index in [0.717, 1.165) is 15.7 Å². The first-order chi connectivity index (χ1) is 11.0. The maximum Gasteiger partial charge on any atom is 0.326 e. The molecule has 0 bridgehead atoms. The number of carbonyl (C=O) groups is 2. The third-order valence-corrected chi connectivity index (χ3v) is 3.74. The van der Waals surface area contributed by atoms with Crippen LogP contribution >= 0.6 is 15.9 Å². The summed E-state index contributed by atoms with van der Waals surface area (Å²) in [6.45, 7) is 0.0141. The smallest absolute Gasteiger partial charge is 0.326 e. The van der Waals surface area contributed by atoms with E-state index in [9.17, 15) is 14.7 Å². The molecule has 0 aliphatic rings. The van der Waals surface area contributed by atoms with Gasteiger partial charge in [-0.15, -0.1) is 0 Å². The van der Waals surface area contributed by atoms with Crippen LogP contribution in [0.2, 0.25) is 0 Å². The summed E-state index contributed by atoms with van der Waals surface area (Å²) in [4.78, 5) is 23.3. The van der Waals surface area contributed by atoms with Gasteiger partial charge in [0.25, 0.3) is 0 Å². The highest BCUT2D eigenvalue weighted by Crippen LogP contribution is 2.13. The lowest BCUT2D eigenvalue weighted by Crippen LogP contribution is -2.44. The number of hydrogen-bond donors (Lipinski definition) is 3. The minimum Gasteiger partial charge on any atom is -0.480 e. The van der Waals surface area contributed by atoms with E-state index in [1.807, 2.05) is 54.6 Å². The maximum atomic E-state index is 11.9. The predicted molar refractivity (Wildman–Crippen MR) is 92.3 cm³/mol. The summed E-state index contributed by atoms with van der Waals surface area (Å²) in [6, 6.07) is 15.6. The first-order valence-corrected chi connectivity index (χ1v) is 7.89. The summed E-state index contributed by atoms with van der Waals surface area (Å²) in [5.74, 6) is -1.41. The first-order valence-electron chi connectivity index (χ1n) is 7.10. The van der Waals surface area contributed by atoms with Crippen molar-refractivity contribution in [1.82, 2.24) is 5.32 Å². The van der Waals surface area contributed by atoms with Crippen LogP contribution in [-0.2, 0) is 16.0 Å². The van der Waals surface area contributed by atoms with Gasteiger partial charge < -0.3 is 15.7 Å². The maximum absolute atomic E-state index is 11.9. The van der Waals surface area contributed by atoms with Gasteiger partial charge in [0.05, 0.1) is 6.54 Å². The molecule has 0 radical (unpaired) electrons. The van der Waals surface area contributed by atoms with Gasteiger partial charge in [-0.25, -0.2) is 4.79 Å². The Hall–Kier alpha value is -2.34. The zero-order valence-electron chi connectivity index (χ0n) is 12.3. The molecule has 120 valence electrons. The van der Waals surface area contributed by atoms with Crippen LogP contribution in [0.25, 0.3) is 0 Å². The molecular formula is C17H17BrN2O3. The Morgan fingerprint density at radius 3 is 2.30 bits per heavy atom. The molecule has 2 rings (SSSR count). The minimum atomic E-state index is -1.05. The van der Waals surface area contributed by atoms with Crippen molar-refractivity contribution in [3.05, 3.63) is 64.6 Å². The average Bonchev–Trinajstić information content (AvgIpc) is 2.54. The molecule has 0 aliphatic carbocycles. The van der Waals surface area contributed by atoms with Crippen LogP contribution in [0.1, 0.15) is 5.56 Å². The zero-order valence-corrected chi connectivity index (χ0v) is 13.9. The van der Waals surface area contributed by atoms with Crippen molar-refractivity contribution in [2.24, 2.45) is 0 Å². The SMILES string of the molecule is O=C(CNc1ccc(Br)cc1)N[C@@H](Cc1ccccc1)C(=O)O. The molecular weight excluding hydrogens is 360 g/mol. The van der Waals surface area contributed by atoms with Crippen molar-refractivity contribution in [1.29, 1.82) is 0 Å². The first kappa shape index (κ1) is 17.0. The lowest BCUT2D eigenvalue weighted by Gasteiger charge is -2.15. The molecule has 0 unspecified atom stereocenters. The third kappa shape index (κ3) is 5.75. The second kappa shape index (κ2) is 8.33. The highest BCUT2D eigenvalue weighted by Gasteiger charge is 2.20. The third-order valence-electron chi connectivity index (χ3n) is 3.21. The standard InChI is InChI=1S/C17H17BrN2O3/c18-13-6-8-14(9-7-13)19-11-16(21)20-15(17(22)23)10-12-4-2-1-3-5-12/h1-9,15,19H,10-11H2,(H,20,21)(H,22,23)/t15-/m0/s1. The van der Waals surface area contributed by atoms with Crippen LogP contribution in [0.5, 0.6) is 0 Å². The normalized spacial score (nSPS) is 11.5. The van der Waals surface area contributed by atoms with Crippen molar-refractivity contribution in [3.63, 3.8) is 0 Å². The molecule has 0 saturated carbocycles. The van der Waals surface area contributed by atoms with E-state index in [2.05, 4.69) is 26.6 Å². The van der Waals surface area contributed by atoms with Crippen LogP contribution in [-0.4, -0.2) is 29.6 Å². The van der Waals surface area contributed by atoms with E-state index < -0.39 is 12.0 Å². The Labute approximate surface area is 142 Å². The number of aliphatic carboxylic acids is 1. The zero-order chi connectivity index (χ0) is 16.7. The van der Waals surface area contributed by atoms with E-state index in [-0.39, 0.29) is 18.9 Å². The van der Waals surface area contributed by atoms with Crippen LogP contribution in [0.4, 0.5) is 5.69 Å². The number of carboxylic acid groups (broad SMARTS) is 1. The molecule has 0 aromatic heterocycles. The molecule has 0 spiro atoms. The van der Waals surface area contributed by atoms with E-state index in [4.69, 9.17) is 0 Å². The number of hydrogen-bond acceptors (Lipinski definition) is 3. The summed E-state index contributed by atoms with van der Waals surface area (Å²) >= 11 is 3.33. The van der Waals surface area contributed by atoms with Crippen molar-refractivity contribution < 1.29 is 14.7 Å². The molecule has 0 aliphatic heterocycles. The second-order valence-corrected chi connectivity index (χ2v) is 5.92. The fourth-order valence-corrected chi connectivity index (χ4v) is 2.31. The fraction of sp³-hybridized carbons (Fsp3) is 0.176. The van der Waals surface area contributed by atoms with Crippen molar-refractivity contribution in [2.45, 2.75) is 12.5 Å². The van der Waals surface area contributed by atoms with Crippen molar-refractivity contribution >= 4 is 33.5 Å². The van der Waals surface area contributed by atoms with Gasteiger partial charge in [0.2, 0.25) is 5.91 Å². The number of carboxylic acids is 1. The monoisotopic (exact) mass is 376 g/mol. The molecule has 2 aromatic rings. The second-order valence-electron chi connectivity index (χ2n) is 5.01. The molecule has 1 atom stereocenters. The van der Waals surface area contributed by atoms with E-state index >= 15 is 0 Å². The van der Waals surface area contributed by atoms with E-state index in [1.54, 1.807) is 0 Å². The van der Waals surface area contributed by atoms with Crippen LogP contribution < -0.4 is 10.6 Å². The number of nitrogens with one attached hydrogen (secondary N) is 2. The molecule has 2 aromatic carbocycles. The molecule has 3 N–H and O–H groups in total. The molecule has 0 saturated heterocycles. The number of anilines is 1. The molecule has 0 fully saturated rings. The van der Waals surface area contributed by atoms with Gasteiger partial charge in [-0.2, -0.15) is 0 Å².